The van der Waals surface area contributed by atoms with E-state index in [-0.39, 0.29) is 11.6 Å². The van der Waals surface area contributed by atoms with Crippen LogP contribution in [0.5, 0.6) is 0 Å². The van der Waals surface area contributed by atoms with Gasteiger partial charge >= 0.3 is 0 Å². The number of carbonyl (C=O) groups excluding carboxylic acids is 1. The molecule has 0 aliphatic carbocycles. The van der Waals surface area contributed by atoms with E-state index in [1.165, 1.54) is 18.2 Å². The van der Waals surface area contributed by atoms with E-state index in [9.17, 15) is 9.18 Å². The molecular weight excluding hydrogens is 317 g/mol. The molecule has 0 spiro atoms. The van der Waals surface area contributed by atoms with Gasteiger partial charge in [-0.1, -0.05) is 42.5 Å². The van der Waals surface area contributed by atoms with Crippen LogP contribution in [0.15, 0.2) is 66.2 Å². The number of hydrogen-bond donors (Lipinski definition) is 1. The summed E-state index contributed by atoms with van der Waals surface area (Å²) in [6, 6.07) is 15.4. The van der Waals surface area contributed by atoms with Crippen LogP contribution in [0.2, 0.25) is 0 Å². The smallest absolute Gasteiger partial charge is 0.249 e. The number of rotatable bonds is 5. The zero-order valence-electron chi connectivity index (χ0n) is 12.1. The van der Waals surface area contributed by atoms with Crippen molar-refractivity contribution in [3.8, 4) is 0 Å². The molecule has 2 N–H and O–H groups in total. The van der Waals surface area contributed by atoms with Gasteiger partial charge in [-0.05, 0) is 17.7 Å². The molecule has 3 rings (SSSR count). The number of hydrogen-bond acceptors (Lipinski definition) is 5. The molecule has 0 aromatic heterocycles. The van der Waals surface area contributed by atoms with E-state index in [2.05, 4.69) is 0 Å². The highest BCUT2D eigenvalue weighted by molar-refractivity contribution is 7.94. The van der Waals surface area contributed by atoms with Crippen LogP contribution in [0, 0.1) is 5.82 Å². The van der Waals surface area contributed by atoms with Crippen LogP contribution in [0.4, 0.5) is 4.39 Å². The number of ether oxygens (including phenoxy) is 1. The van der Waals surface area contributed by atoms with Crippen molar-refractivity contribution >= 4 is 17.8 Å². The Kier molecular flexibility index (Phi) is 4.52. The van der Waals surface area contributed by atoms with Gasteiger partial charge in [0.05, 0.1) is 17.8 Å². The van der Waals surface area contributed by atoms with Gasteiger partial charge in [0, 0.05) is 5.56 Å². The van der Waals surface area contributed by atoms with Gasteiger partial charge in [0.2, 0.25) is 17.4 Å². The van der Waals surface area contributed by atoms with Crippen molar-refractivity contribution < 1.29 is 18.1 Å². The third-order valence-electron chi connectivity index (χ3n) is 3.29. The normalized spacial score (nSPS) is 17.3. The summed E-state index contributed by atoms with van der Waals surface area (Å²) in [5.74, 6) is -0.390. The maximum Gasteiger partial charge on any atom is 0.249 e. The first-order valence-corrected chi connectivity index (χ1v) is 7.85. The summed E-state index contributed by atoms with van der Waals surface area (Å²) in [6.07, 6.45) is -0.960. The summed E-state index contributed by atoms with van der Waals surface area (Å²) in [7, 11) is 0. The van der Waals surface area contributed by atoms with E-state index in [0.717, 1.165) is 17.6 Å². The molecule has 0 fully saturated rings. The molecule has 0 amide bonds. The van der Waals surface area contributed by atoms with Gasteiger partial charge in [-0.15, -0.1) is 0 Å². The Hall–Kier alpha value is -2.47. The van der Waals surface area contributed by atoms with Gasteiger partial charge in [0.15, 0.2) is 6.10 Å². The molecule has 1 atom stereocenters. The summed E-state index contributed by atoms with van der Waals surface area (Å²) >= 11 is 1.10. The highest BCUT2D eigenvalue weighted by Crippen LogP contribution is 2.34. The minimum absolute atomic E-state index is 0.0276. The zero-order valence-corrected chi connectivity index (χ0v) is 12.9. The van der Waals surface area contributed by atoms with Gasteiger partial charge < -0.3 is 14.7 Å². The van der Waals surface area contributed by atoms with Crippen LogP contribution in [0.3, 0.4) is 0 Å². The molecule has 0 saturated heterocycles. The molecule has 1 aliphatic rings. The summed E-state index contributed by atoms with van der Waals surface area (Å²) in [5, 5.41) is 0. The van der Waals surface area contributed by atoms with E-state index in [1.807, 2.05) is 30.3 Å². The Balaban J connectivity index is 1.64. The van der Waals surface area contributed by atoms with Gasteiger partial charge in [-0.3, -0.25) is 4.79 Å². The number of Topliss-reactive ketones (excluding diaryl/α,β-unsaturated/α-hetero) is 1. The fourth-order valence-electron chi connectivity index (χ4n) is 2.18. The third kappa shape index (κ3) is 3.48. The minimum Gasteiger partial charge on any atom is -0.460 e. The molecule has 2 aromatic rings. The first kappa shape index (κ1) is 15.4. The lowest BCUT2D eigenvalue weighted by atomic mass is 10.1. The maximum absolute atomic E-state index is 13.3. The molecule has 0 bridgehead atoms. The van der Waals surface area contributed by atoms with Crippen molar-refractivity contribution in [1.82, 2.24) is 0 Å². The summed E-state index contributed by atoms with van der Waals surface area (Å²) in [4.78, 5) is 12.3. The van der Waals surface area contributed by atoms with Gasteiger partial charge in [-0.2, -0.15) is 0 Å². The molecule has 0 saturated carbocycles. The number of nitrogens with two attached hydrogens (primary N) is 1. The lowest BCUT2D eigenvalue weighted by Crippen LogP contribution is -2.10. The van der Waals surface area contributed by atoms with Crippen LogP contribution in [-0.4, -0.2) is 5.78 Å². The second-order valence-corrected chi connectivity index (χ2v) is 5.63. The second-order valence-electron chi connectivity index (χ2n) is 4.94. The molecule has 1 aliphatic heterocycles. The highest BCUT2D eigenvalue weighted by atomic mass is 32.2. The van der Waals surface area contributed by atoms with Crippen LogP contribution in [0.25, 0.3) is 0 Å². The molecule has 23 heavy (non-hydrogen) atoms. The van der Waals surface area contributed by atoms with Gasteiger partial charge in [0.25, 0.3) is 0 Å². The second kappa shape index (κ2) is 6.75. The van der Waals surface area contributed by atoms with E-state index in [4.69, 9.17) is 14.7 Å². The molecule has 1 heterocycles. The highest BCUT2D eigenvalue weighted by Gasteiger charge is 2.37. The van der Waals surface area contributed by atoms with E-state index < -0.39 is 17.7 Å². The van der Waals surface area contributed by atoms with Crippen molar-refractivity contribution in [3.63, 3.8) is 0 Å². The number of benzene rings is 2. The standard InChI is InChI=1S/C17H14FNO3S/c18-13-8-4-7-12(9-13)15-14(20)16(17(19)21-15)22-23-10-11-5-2-1-3-6-11/h1-9,15H,10,19H2. The summed E-state index contributed by atoms with van der Waals surface area (Å²) in [5.41, 5.74) is 7.19. The lowest BCUT2D eigenvalue weighted by molar-refractivity contribution is -0.122. The fourth-order valence-corrected chi connectivity index (χ4v) is 2.85. The average molecular weight is 331 g/mol. The van der Waals surface area contributed by atoms with E-state index in [0.29, 0.717) is 11.3 Å². The summed E-state index contributed by atoms with van der Waals surface area (Å²) in [6.45, 7) is 0. The lowest BCUT2D eigenvalue weighted by Gasteiger charge is -2.09. The predicted octanol–water partition coefficient (Wildman–Crippen LogP) is 3.46. The van der Waals surface area contributed by atoms with Crippen LogP contribution in [0.1, 0.15) is 17.2 Å². The Morgan fingerprint density at radius 3 is 2.70 bits per heavy atom. The molecule has 2 aromatic carbocycles. The maximum atomic E-state index is 13.3. The molecule has 6 heteroatoms. The molecule has 0 radical (unpaired) electrons. The van der Waals surface area contributed by atoms with Crippen LogP contribution < -0.4 is 5.73 Å². The minimum atomic E-state index is -0.960. The van der Waals surface area contributed by atoms with Gasteiger partial charge in [0.1, 0.15) is 5.82 Å². The molecule has 118 valence electrons. The SMILES string of the molecule is NC1=C(OSCc2ccccc2)C(=O)C(c2cccc(F)c2)O1. The Morgan fingerprint density at radius 2 is 1.96 bits per heavy atom. The van der Waals surface area contributed by atoms with Crippen LogP contribution >= 0.6 is 12.0 Å². The molecule has 4 nitrogen and oxygen atoms in total. The third-order valence-corrected chi connectivity index (χ3v) is 4.03. The van der Waals surface area contributed by atoms with Crippen molar-refractivity contribution in [2.75, 3.05) is 0 Å². The monoisotopic (exact) mass is 331 g/mol. The Bertz CT molecular complexity index is 749. The molecular formula is C17H14FNO3S. The predicted molar refractivity (Wildman–Crippen MR) is 85.3 cm³/mol. The zero-order chi connectivity index (χ0) is 16.2. The first-order valence-electron chi connectivity index (χ1n) is 6.94. The van der Waals surface area contributed by atoms with Crippen molar-refractivity contribution in [1.29, 1.82) is 0 Å². The van der Waals surface area contributed by atoms with Crippen molar-refractivity contribution in [2.45, 2.75) is 11.9 Å². The quantitative estimate of drug-likeness (QED) is 0.850. The molecule has 1 unspecified atom stereocenters. The summed E-state index contributed by atoms with van der Waals surface area (Å²) < 4.78 is 24.0. The van der Waals surface area contributed by atoms with Crippen LogP contribution in [-0.2, 0) is 19.5 Å². The van der Waals surface area contributed by atoms with Crippen molar-refractivity contribution in [2.24, 2.45) is 5.73 Å². The Labute approximate surface area is 137 Å². The Morgan fingerprint density at radius 1 is 1.17 bits per heavy atom. The topological polar surface area (TPSA) is 61.5 Å². The number of carbonyl (C=O) groups is 1. The van der Waals surface area contributed by atoms with E-state index >= 15 is 0 Å². The first-order chi connectivity index (χ1) is 11.1. The number of halogens is 1. The largest absolute Gasteiger partial charge is 0.460 e. The van der Waals surface area contributed by atoms with Crippen molar-refractivity contribution in [3.05, 3.63) is 83.2 Å². The van der Waals surface area contributed by atoms with Gasteiger partial charge in [-0.25, -0.2) is 4.39 Å². The average Bonchev–Trinajstić information content (AvgIpc) is 2.84. The number of ketones is 1. The van der Waals surface area contributed by atoms with E-state index in [1.54, 1.807) is 6.07 Å². The fraction of sp³-hybridized carbons (Fsp3) is 0.118.